The number of hydrogen-bond donors (Lipinski definition) is 1. The van der Waals surface area contributed by atoms with Crippen molar-refractivity contribution in [3.8, 4) is 0 Å². The molecule has 1 fully saturated rings. The minimum atomic E-state index is -0.759. The van der Waals surface area contributed by atoms with Crippen molar-refractivity contribution in [2.24, 2.45) is 0 Å². The molecule has 1 atom stereocenters. The number of fused-ring (bicyclic) bond motifs is 1. The lowest BCUT2D eigenvalue weighted by molar-refractivity contribution is -0.138. The SMILES string of the molecule is CC(=O)N1CCN(C(=O)Cn2c(C(C)O)nc3cc(C)c(C)cc32)CC1. The van der Waals surface area contributed by atoms with Gasteiger partial charge >= 0.3 is 0 Å². The molecule has 0 bridgehead atoms. The van der Waals surface area contributed by atoms with Crippen LogP contribution in [0.1, 0.15) is 36.9 Å². The largest absolute Gasteiger partial charge is 0.385 e. The van der Waals surface area contributed by atoms with Crippen molar-refractivity contribution in [1.29, 1.82) is 0 Å². The van der Waals surface area contributed by atoms with Gasteiger partial charge in [0.25, 0.3) is 0 Å². The van der Waals surface area contributed by atoms with Gasteiger partial charge in [-0.05, 0) is 44.0 Å². The van der Waals surface area contributed by atoms with Crippen LogP contribution >= 0.6 is 0 Å². The Bertz CT molecular complexity index is 848. The number of aryl methyl sites for hydroxylation is 2. The molecule has 1 saturated heterocycles. The third-order valence-corrected chi connectivity index (χ3v) is 5.14. The predicted octanol–water partition coefficient (Wildman–Crippen LogP) is 1.40. The molecular formula is C19H26N4O3. The van der Waals surface area contributed by atoms with E-state index in [0.717, 1.165) is 22.2 Å². The zero-order valence-corrected chi connectivity index (χ0v) is 15.8. The van der Waals surface area contributed by atoms with Crippen molar-refractivity contribution in [2.45, 2.75) is 40.3 Å². The fraction of sp³-hybridized carbons (Fsp3) is 0.526. The van der Waals surface area contributed by atoms with Crippen molar-refractivity contribution < 1.29 is 14.7 Å². The zero-order chi connectivity index (χ0) is 19.0. The van der Waals surface area contributed by atoms with Gasteiger partial charge in [0, 0.05) is 33.1 Å². The van der Waals surface area contributed by atoms with Crippen molar-refractivity contribution in [3.05, 3.63) is 29.1 Å². The van der Waals surface area contributed by atoms with Gasteiger partial charge in [0.2, 0.25) is 11.8 Å². The molecule has 1 aliphatic rings. The maximum Gasteiger partial charge on any atom is 0.242 e. The summed E-state index contributed by atoms with van der Waals surface area (Å²) < 4.78 is 1.81. The molecule has 1 unspecified atom stereocenters. The monoisotopic (exact) mass is 358 g/mol. The first-order chi connectivity index (χ1) is 12.3. The van der Waals surface area contributed by atoms with Gasteiger partial charge < -0.3 is 19.5 Å². The molecule has 140 valence electrons. The van der Waals surface area contributed by atoms with Crippen LogP contribution in [-0.2, 0) is 16.1 Å². The third kappa shape index (κ3) is 3.44. The summed E-state index contributed by atoms with van der Waals surface area (Å²) in [6.07, 6.45) is -0.759. The number of aliphatic hydroxyl groups is 1. The van der Waals surface area contributed by atoms with Crippen LogP contribution in [-0.4, -0.2) is 62.5 Å². The topological polar surface area (TPSA) is 78.7 Å². The van der Waals surface area contributed by atoms with Gasteiger partial charge in [0.15, 0.2) is 0 Å². The van der Waals surface area contributed by atoms with Gasteiger partial charge in [0.05, 0.1) is 11.0 Å². The number of benzene rings is 1. The molecule has 3 rings (SSSR count). The van der Waals surface area contributed by atoms with E-state index in [0.29, 0.717) is 32.0 Å². The number of amides is 2. The molecule has 7 heteroatoms. The number of rotatable bonds is 3. The smallest absolute Gasteiger partial charge is 0.242 e. The second-order valence-electron chi connectivity index (χ2n) is 7.04. The molecule has 1 aromatic carbocycles. The van der Waals surface area contributed by atoms with E-state index in [1.165, 1.54) is 0 Å². The molecule has 2 aromatic rings. The van der Waals surface area contributed by atoms with Crippen LogP contribution in [0.4, 0.5) is 0 Å². The van der Waals surface area contributed by atoms with Crippen LogP contribution in [0.5, 0.6) is 0 Å². The first-order valence-electron chi connectivity index (χ1n) is 8.96. The summed E-state index contributed by atoms with van der Waals surface area (Å²) in [6.45, 7) is 9.59. The highest BCUT2D eigenvalue weighted by atomic mass is 16.3. The van der Waals surface area contributed by atoms with Gasteiger partial charge in [0.1, 0.15) is 18.5 Å². The van der Waals surface area contributed by atoms with E-state index in [-0.39, 0.29) is 18.4 Å². The number of imidazole rings is 1. The second kappa shape index (κ2) is 7.07. The highest BCUT2D eigenvalue weighted by molar-refractivity contribution is 5.82. The van der Waals surface area contributed by atoms with Crippen LogP contribution < -0.4 is 0 Å². The lowest BCUT2D eigenvalue weighted by Gasteiger charge is -2.34. The van der Waals surface area contributed by atoms with Crippen molar-refractivity contribution in [1.82, 2.24) is 19.4 Å². The minimum Gasteiger partial charge on any atom is -0.385 e. The van der Waals surface area contributed by atoms with Gasteiger partial charge in [-0.3, -0.25) is 9.59 Å². The van der Waals surface area contributed by atoms with Crippen molar-refractivity contribution >= 4 is 22.8 Å². The Kier molecular flexibility index (Phi) is 5.00. The number of nitrogens with zero attached hydrogens (tertiary/aromatic N) is 4. The summed E-state index contributed by atoms with van der Waals surface area (Å²) in [5.74, 6) is 0.522. The Morgan fingerprint density at radius 3 is 2.27 bits per heavy atom. The van der Waals surface area contributed by atoms with E-state index < -0.39 is 6.10 Å². The van der Waals surface area contributed by atoms with E-state index in [1.807, 2.05) is 30.5 Å². The molecule has 1 aromatic heterocycles. The van der Waals surface area contributed by atoms with Crippen LogP contribution in [0, 0.1) is 13.8 Å². The minimum absolute atomic E-state index is 0.0207. The van der Waals surface area contributed by atoms with E-state index in [9.17, 15) is 14.7 Å². The fourth-order valence-corrected chi connectivity index (χ4v) is 3.39. The van der Waals surface area contributed by atoms with E-state index in [2.05, 4.69) is 4.98 Å². The zero-order valence-electron chi connectivity index (χ0n) is 15.8. The Hall–Kier alpha value is -2.41. The normalized spacial score (nSPS) is 16.2. The summed E-state index contributed by atoms with van der Waals surface area (Å²) in [7, 11) is 0. The van der Waals surface area contributed by atoms with Crippen LogP contribution in [0.3, 0.4) is 0 Å². The summed E-state index contributed by atoms with van der Waals surface area (Å²) in [4.78, 5) is 32.3. The highest BCUT2D eigenvalue weighted by Gasteiger charge is 2.24. The number of aliphatic hydroxyl groups excluding tert-OH is 1. The summed E-state index contributed by atoms with van der Waals surface area (Å²) in [5, 5.41) is 10.1. The van der Waals surface area contributed by atoms with Gasteiger partial charge in [-0.2, -0.15) is 0 Å². The maximum absolute atomic E-state index is 12.8. The Balaban J connectivity index is 1.86. The summed E-state index contributed by atoms with van der Waals surface area (Å²) in [6, 6.07) is 4.01. The van der Waals surface area contributed by atoms with E-state index in [1.54, 1.807) is 23.6 Å². The molecular weight excluding hydrogens is 332 g/mol. The average Bonchev–Trinajstić information content (AvgIpc) is 2.93. The lowest BCUT2D eigenvalue weighted by Crippen LogP contribution is -2.50. The van der Waals surface area contributed by atoms with Crippen LogP contribution in [0.2, 0.25) is 0 Å². The number of carbonyl (C=O) groups excluding carboxylic acids is 2. The predicted molar refractivity (Wildman–Crippen MR) is 98.7 cm³/mol. The maximum atomic E-state index is 12.8. The van der Waals surface area contributed by atoms with E-state index >= 15 is 0 Å². The molecule has 2 amide bonds. The van der Waals surface area contributed by atoms with Crippen molar-refractivity contribution in [3.63, 3.8) is 0 Å². The summed E-state index contributed by atoms with van der Waals surface area (Å²) in [5.41, 5.74) is 3.90. The second-order valence-corrected chi connectivity index (χ2v) is 7.04. The molecule has 0 saturated carbocycles. The highest BCUT2D eigenvalue weighted by Crippen LogP contribution is 2.24. The first kappa shape index (κ1) is 18.4. The Morgan fingerprint density at radius 2 is 1.69 bits per heavy atom. The molecule has 0 radical (unpaired) electrons. The van der Waals surface area contributed by atoms with Gasteiger partial charge in [-0.15, -0.1) is 0 Å². The molecule has 1 N–H and O–H groups in total. The van der Waals surface area contributed by atoms with Gasteiger partial charge in [-0.1, -0.05) is 0 Å². The molecule has 2 heterocycles. The first-order valence-corrected chi connectivity index (χ1v) is 8.96. The van der Waals surface area contributed by atoms with Crippen LogP contribution in [0.25, 0.3) is 11.0 Å². The molecule has 0 aliphatic carbocycles. The Labute approximate surface area is 153 Å². The quantitative estimate of drug-likeness (QED) is 0.899. The molecule has 0 spiro atoms. The third-order valence-electron chi connectivity index (χ3n) is 5.14. The van der Waals surface area contributed by atoms with Crippen LogP contribution in [0.15, 0.2) is 12.1 Å². The lowest BCUT2D eigenvalue weighted by atomic mass is 10.1. The number of hydrogen-bond acceptors (Lipinski definition) is 4. The number of carbonyl (C=O) groups is 2. The number of aromatic nitrogens is 2. The molecule has 7 nitrogen and oxygen atoms in total. The summed E-state index contributed by atoms with van der Waals surface area (Å²) >= 11 is 0. The number of piperazine rings is 1. The van der Waals surface area contributed by atoms with Crippen molar-refractivity contribution in [2.75, 3.05) is 26.2 Å². The van der Waals surface area contributed by atoms with E-state index in [4.69, 9.17) is 0 Å². The van der Waals surface area contributed by atoms with Gasteiger partial charge in [-0.25, -0.2) is 4.98 Å². The standard InChI is InChI=1S/C19H26N4O3/c1-12-9-16-17(10-13(12)2)23(19(20-16)14(3)24)11-18(26)22-7-5-21(6-8-22)15(4)25/h9-10,14,24H,5-8,11H2,1-4H3. The fourth-order valence-electron chi connectivity index (χ4n) is 3.39. The average molecular weight is 358 g/mol. The Morgan fingerprint density at radius 1 is 1.12 bits per heavy atom. The molecule has 26 heavy (non-hydrogen) atoms. The molecule has 1 aliphatic heterocycles.